The molecule has 2 rings (SSSR count). The van der Waals surface area contributed by atoms with Gasteiger partial charge >= 0.3 is 5.97 Å². The molecule has 22 heavy (non-hydrogen) atoms. The number of imide groups is 1. The highest BCUT2D eigenvalue weighted by atomic mass is 16.5. The predicted octanol–water partition coefficient (Wildman–Crippen LogP) is 2.01. The van der Waals surface area contributed by atoms with Crippen molar-refractivity contribution in [3.63, 3.8) is 0 Å². The van der Waals surface area contributed by atoms with Crippen molar-refractivity contribution >= 4 is 23.9 Å². The van der Waals surface area contributed by atoms with E-state index in [4.69, 9.17) is 4.74 Å². The summed E-state index contributed by atoms with van der Waals surface area (Å²) in [5.74, 6) is -1.36. The molecule has 0 unspecified atom stereocenters. The Labute approximate surface area is 129 Å². The first-order valence-corrected chi connectivity index (χ1v) is 7.20. The summed E-state index contributed by atoms with van der Waals surface area (Å²) in [5, 5.41) is 0. The normalized spacial score (nSPS) is 16.5. The molecule has 2 amide bonds. The molecule has 1 aromatic rings. The van der Waals surface area contributed by atoms with Gasteiger partial charge in [-0.15, -0.1) is 0 Å². The summed E-state index contributed by atoms with van der Waals surface area (Å²) in [6.45, 7) is 5.58. The Balaban J connectivity index is 2.18. The Morgan fingerprint density at radius 3 is 2.64 bits per heavy atom. The fourth-order valence-corrected chi connectivity index (χ4v) is 2.28. The molecule has 5 heteroatoms. The molecule has 0 aromatic heterocycles. The first-order chi connectivity index (χ1) is 10.4. The van der Waals surface area contributed by atoms with Crippen molar-refractivity contribution in [2.24, 2.45) is 0 Å². The third kappa shape index (κ3) is 3.42. The maximum atomic E-state index is 12.2. The predicted molar refractivity (Wildman–Crippen MR) is 81.9 cm³/mol. The molecule has 0 radical (unpaired) electrons. The second-order valence-electron chi connectivity index (χ2n) is 5.28. The zero-order chi connectivity index (χ0) is 16.3. The maximum absolute atomic E-state index is 12.2. The number of benzene rings is 1. The van der Waals surface area contributed by atoms with Gasteiger partial charge in [-0.1, -0.05) is 18.2 Å². The average Bonchev–Trinajstić information content (AvgIpc) is 2.71. The molecular formula is C17H19NO4. The van der Waals surface area contributed by atoms with Gasteiger partial charge in [0.2, 0.25) is 5.91 Å². The summed E-state index contributed by atoms with van der Waals surface area (Å²) in [4.78, 5) is 36.5. The van der Waals surface area contributed by atoms with Gasteiger partial charge in [-0.2, -0.15) is 0 Å². The van der Waals surface area contributed by atoms with Crippen molar-refractivity contribution in [2.75, 3.05) is 13.2 Å². The van der Waals surface area contributed by atoms with E-state index in [1.165, 1.54) is 5.56 Å². The lowest BCUT2D eigenvalue weighted by molar-refractivity contribution is -0.151. The Morgan fingerprint density at radius 2 is 2.00 bits per heavy atom. The van der Waals surface area contributed by atoms with Crippen LogP contribution in [0.2, 0.25) is 0 Å². The molecular weight excluding hydrogens is 282 g/mol. The molecule has 1 saturated heterocycles. The minimum absolute atomic E-state index is 0.0190. The molecule has 0 saturated carbocycles. The smallest absolute Gasteiger partial charge is 0.326 e. The summed E-state index contributed by atoms with van der Waals surface area (Å²) < 4.78 is 4.78. The Hall–Kier alpha value is -2.43. The van der Waals surface area contributed by atoms with Gasteiger partial charge in [0.05, 0.1) is 13.0 Å². The largest absolute Gasteiger partial charge is 0.465 e. The van der Waals surface area contributed by atoms with Gasteiger partial charge in [-0.25, -0.2) is 0 Å². The number of esters is 1. The molecule has 1 aliphatic rings. The third-order valence-electron chi connectivity index (χ3n) is 3.63. The minimum atomic E-state index is -0.573. The highest BCUT2D eigenvalue weighted by molar-refractivity contribution is 6.16. The number of rotatable bonds is 4. The van der Waals surface area contributed by atoms with Gasteiger partial charge in [0.25, 0.3) is 5.91 Å². The van der Waals surface area contributed by atoms with E-state index in [-0.39, 0.29) is 25.5 Å². The van der Waals surface area contributed by atoms with E-state index >= 15 is 0 Å². The van der Waals surface area contributed by atoms with E-state index in [0.29, 0.717) is 5.57 Å². The number of likely N-dealkylation sites (tertiary alicyclic amines) is 1. The average molecular weight is 301 g/mol. The van der Waals surface area contributed by atoms with Crippen LogP contribution < -0.4 is 0 Å². The van der Waals surface area contributed by atoms with Crippen LogP contribution in [0.4, 0.5) is 0 Å². The molecule has 1 fully saturated rings. The van der Waals surface area contributed by atoms with Crippen LogP contribution >= 0.6 is 0 Å². The fourth-order valence-electron chi connectivity index (χ4n) is 2.28. The van der Waals surface area contributed by atoms with Crippen molar-refractivity contribution in [2.45, 2.75) is 27.2 Å². The molecule has 1 aliphatic heterocycles. The first kappa shape index (κ1) is 15.9. The maximum Gasteiger partial charge on any atom is 0.326 e. The van der Waals surface area contributed by atoms with Gasteiger partial charge in [-0.05, 0) is 43.5 Å². The molecule has 0 atom stereocenters. The minimum Gasteiger partial charge on any atom is -0.465 e. The second kappa shape index (κ2) is 6.56. The molecule has 0 aliphatic carbocycles. The monoisotopic (exact) mass is 301 g/mol. The second-order valence-corrected chi connectivity index (χ2v) is 5.28. The number of amides is 2. The number of carbonyl (C=O) groups excluding carboxylic acids is 3. The van der Waals surface area contributed by atoms with E-state index in [1.54, 1.807) is 13.0 Å². The van der Waals surface area contributed by atoms with Crippen molar-refractivity contribution in [3.8, 4) is 0 Å². The van der Waals surface area contributed by atoms with Crippen molar-refractivity contribution in [3.05, 3.63) is 40.5 Å². The lowest BCUT2D eigenvalue weighted by Gasteiger charge is -2.11. The molecule has 1 heterocycles. The quantitative estimate of drug-likeness (QED) is 0.485. The Morgan fingerprint density at radius 1 is 1.27 bits per heavy atom. The number of ether oxygens (including phenoxy) is 1. The highest BCUT2D eigenvalue weighted by Crippen LogP contribution is 2.22. The van der Waals surface area contributed by atoms with E-state index in [1.807, 2.05) is 32.0 Å². The van der Waals surface area contributed by atoms with Crippen LogP contribution in [0.5, 0.6) is 0 Å². The molecule has 1 aromatic carbocycles. The third-order valence-corrected chi connectivity index (χ3v) is 3.63. The SMILES string of the molecule is CCOC(=O)CN1C(=O)C/C(=C\c2ccc(C)c(C)c2)C1=O. The molecule has 0 bridgehead atoms. The van der Waals surface area contributed by atoms with Gasteiger partial charge in [0.1, 0.15) is 6.54 Å². The van der Waals surface area contributed by atoms with E-state index in [9.17, 15) is 14.4 Å². The first-order valence-electron chi connectivity index (χ1n) is 7.20. The van der Waals surface area contributed by atoms with Crippen molar-refractivity contribution < 1.29 is 19.1 Å². The molecule has 0 spiro atoms. The number of hydrogen-bond acceptors (Lipinski definition) is 4. The zero-order valence-corrected chi connectivity index (χ0v) is 13.0. The van der Waals surface area contributed by atoms with Crippen molar-refractivity contribution in [1.82, 2.24) is 4.90 Å². The summed E-state index contributed by atoms with van der Waals surface area (Å²) in [5.41, 5.74) is 3.56. The van der Waals surface area contributed by atoms with E-state index < -0.39 is 11.9 Å². The lowest BCUT2D eigenvalue weighted by atomic mass is 10.0. The topological polar surface area (TPSA) is 63.7 Å². The van der Waals surface area contributed by atoms with E-state index in [0.717, 1.165) is 16.0 Å². The van der Waals surface area contributed by atoms with Gasteiger partial charge in [-0.3, -0.25) is 19.3 Å². The summed E-state index contributed by atoms with van der Waals surface area (Å²) in [7, 11) is 0. The number of aryl methyl sites for hydroxylation is 2. The number of carbonyl (C=O) groups is 3. The Kier molecular flexibility index (Phi) is 4.75. The lowest BCUT2D eigenvalue weighted by Crippen LogP contribution is -2.35. The van der Waals surface area contributed by atoms with Gasteiger partial charge in [0, 0.05) is 5.57 Å². The van der Waals surface area contributed by atoms with Crippen LogP contribution in [0, 0.1) is 13.8 Å². The van der Waals surface area contributed by atoms with Crippen LogP contribution in [-0.4, -0.2) is 35.8 Å². The highest BCUT2D eigenvalue weighted by Gasteiger charge is 2.35. The van der Waals surface area contributed by atoms with Crippen LogP contribution in [0.15, 0.2) is 23.8 Å². The number of nitrogens with zero attached hydrogens (tertiary/aromatic N) is 1. The summed E-state index contributed by atoms with van der Waals surface area (Å²) in [6, 6.07) is 5.84. The summed E-state index contributed by atoms with van der Waals surface area (Å²) >= 11 is 0. The molecule has 5 nitrogen and oxygen atoms in total. The fraction of sp³-hybridized carbons (Fsp3) is 0.353. The van der Waals surface area contributed by atoms with E-state index in [2.05, 4.69) is 0 Å². The number of hydrogen-bond donors (Lipinski definition) is 0. The van der Waals surface area contributed by atoms with Gasteiger partial charge < -0.3 is 4.74 Å². The van der Waals surface area contributed by atoms with Crippen LogP contribution in [0.1, 0.15) is 30.0 Å². The van der Waals surface area contributed by atoms with Gasteiger partial charge in [0.15, 0.2) is 0 Å². The van der Waals surface area contributed by atoms with Crippen LogP contribution in [0.25, 0.3) is 6.08 Å². The molecule has 116 valence electrons. The zero-order valence-electron chi connectivity index (χ0n) is 13.0. The molecule has 0 N–H and O–H groups in total. The van der Waals surface area contributed by atoms with Crippen molar-refractivity contribution in [1.29, 1.82) is 0 Å². The summed E-state index contributed by atoms with van der Waals surface area (Å²) in [6.07, 6.45) is 1.73. The Bertz CT molecular complexity index is 661. The van der Waals surface area contributed by atoms with Crippen LogP contribution in [0.3, 0.4) is 0 Å². The van der Waals surface area contributed by atoms with Crippen LogP contribution in [-0.2, 0) is 19.1 Å². The standard InChI is InChI=1S/C17H19NO4/c1-4-22-16(20)10-18-15(19)9-14(17(18)21)8-13-6-5-11(2)12(3)7-13/h5-8H,4,9-10H2,1-3H3/b14-8+.